The third-order valence-electron chi connectivity index (χ3n) is 9.99. The van der Waals surface area contributed by atoms with Crippen LogP contribution in [-0.2, 0) is 32.7 Å². The van der Waals surface area contributed by atoms with Crippen LogP contribution < -0.4 is 5.73 Å². The predicted molar refractivity (Wildman–Crippen MR) is 220 cm³/mol. The van der Waals surface area contributed by atoms with E-state index in [-0.39, 0.29) is 38.6 Å². The molecular weight excluding hydrogens is 689 g/mol. The Bertz CT molecular complexity index is 845. The van der Waals surface area contributed by atoms with Crippen molar-refractivity contribution in [2.24, 2.45) is 5.73 Å². The van der Waals surface area contributed by atoms with Crippen molar-refractivity contribution >= 4 is 19.8 Å². The number of esters is 2. The molecule has 0 spiro atoms. The summed E-state index contributed by atoms with van der Waals surface area (Å²) in [6.07, 6.45) is 39.9. The number of phosphoric ester groups is 1. The monoisotopic (exact) mass is 776 g/mol. The van der Waals surface area contributed by atoms with Crippen LogP contribution in [0.4, 0.5) is 0 Å². The Morgan fingerprint density at radius 3 is 1.15 bits per heavy atom. The third-order valence-corrected chi connectivity index (χ3v) is 11.0. The van der Waals surface area contributed by atoms with Gasteiger partial charge in [0.15, 0.2) is 6.10 Å². The molecule has 0 aliphatic carbocycles. The highest BCUT2D eigenvalue weighted by Crippen LogP contribution is 2.43. The van der Waals surface area contributed by atoms with Crippen LogP contribution in [0.25, 0.3) is 0 Å². The summed E-state index contributed by atoms with van der Waals surface area (Å²) < 4.78 is 32.8. The summed E-state index contributed by atoms with van der Waals surface area (Å²) in [5.41, 5.74) is 5.35. The highest BCUT2D eigenvalue weighted by atomic mass is 31.2. The summed E-state index contributed by atoms with van der Waals surface area (Å²) in [5.74, 6) is -0.812. The fourth-order valence-electron chi connectivity index (χ4n) is 6.64. The first-order valence-corrected chi connectivity index (χ1v) is 24.0. The molecule has 0 radical (unpaired) electrons. The molecule has 0 amide bonds. The van der Waals surface area contributed by atoms with Crippen LogP contribution in [0.3, 0.4) is 0 Å². The van der Waals surface area contributed by atoms with Crippen molar-refractivity contribution in [2.75, 3.05) is 26.4 Å². The van der Waals surface area contributed by atoms with Gasteiger partial charge in [0.2, 0.25) is 0 Å². The molecule has 2 unspecified atom stereocenters. The molecule has 53 heavy (non-hydrogen) atoms. The number of carbonyl (C=O) groups is 2. The van der Waals surface area contributed by atoms with Crippen molar-refractivity contribution in [3.8, 4) is 0 Å². The van der Waals surface area contributed by atoms with E-state index in [0.29, 0.717) is 6.42 Å². The van der Waals surface area contributed by atoms with Crippen LogP contribution in [0.1, 0.15) is 232 Å². The fraction of sp³-hybridized carbons (Fsp3) is 0.953. The molecule has 2 atom stereocenters. The Morgan fingerprint density at radius 2 is 0.811 bits per heavy atom. The number of unbranched alkanes of at least 4 members (excludes halogenated alkanes) is 30. The molecule has 9 nitrogen and oxygen atoms in total. The van der Waals surface area contributed by atoms with Crippen molar-refractivity contribution in [3.63, 3.8) is 0 Å². The van der Waals surface area contributed by atoms with E-state index in [1.807, 2.05) is 0 Å². The zero-order chi connectivity index (χ0) is 38.9. The third kappa shape index (κ3) is 40.5. The number of nitrogens with two attached hydrogens (primary N) is 1. The van der Waals surface area contributed by atoms with Gasteiger partial charge >= 0.3 is 19.8 Å². The van der Waals surface area contributed by atoms with Crippen LogP contribution in [0, 0.1) is 0 Å². The molecule has 0 saturated carbocycles. The SMILES string of the molecule is CCCCCCCCCCCCCCCCCCCCCC(=O)OC(COC(=O)CCCCCCCCCCCCCCC)COP(=O)(O)OCCN. The van der Waals surface area contributed by atoms with Gasteiger partial charge in [0.1, 0.15) is 6.61 Å². The van der Waals surface area contributed by atoms with Gasteiger partial charge < -0.3 is 20.1 Å². The molecule has 0 aromatic carbocycles. The zero-order valence-electron chi connectivity index (χ0n) is 34.8. The molecule has 316 valence electrons. The smallest absolute Gasteiger partial charge is 0.462 e. The number of ether oxygens (including phenoxy) is 2. The summed E-state index contributed by atoms with van der Waals surface area (Å²) in [4.78, 5) is 34.9. The molecule has 0 aliphatic rings. The van der Waals surface area contributed by atoms with Gasteiger partial charge in [0.25, 0.3) is 0 Å². The van der Waals surface area contributed by atoms with Crippen molar-refractivity contribution < 1.29 is 37.6 Å². The van der Waals surface area contributed by atoms with E-state index in [4.69, 9.17) is 24.3 Å². The molecule has 3 N–H and O–H groups in total. The lowest BCUT2D eigenvalue weighted by Crippen LogP contribution is -2.29. The van der Waals surface area contributed by atoms with Gasteiger partial charge in [-0.25, -0.2) is 4.57 Å². The van der Waals surface area contributed by atoms with Crippen molar-refractivity contribution in [2.45, 2.75) is 238 Å². The normalized spacial score (nSPS) is 13.2. The highest BCUT2D eigenvalue weighted by Gasteiger charge is 2.26. The Labute approximate surface area is 327 Å². The Morgan fingerprint density at radius 1 is 0.491 bits per heavy atom. The Kier molecular flexibility index (Phi) is 39.9. The lowest BCUT2D eigenvalue weighted by Gasteiger charge is -2.19. The molecule has 0 aliphatic heterocycles. The van der Waals surface area contributed by atoms with Gasteiger partial charge in [0.05, 0.1) is 13.2 Å². The molecule has 0 heterocycles. The van der Waals surface area contributed by atoms with E-state index >= 15 is 0 Å². The summed E-state index contributed by atoms with van der Waals surface area (Å²) in [6.45, 7) is 3.78. The Balaban J connectivity index is 4.06. The van der Waals surface area contributed by atoms with E-state index in [0.717, 1.165) is 32.1 Å². The highest BCUT2D eigenvalue weighted by molar-refractivity contribution is 7.47. The van der Waals surface area contributed by atoms with Gasteiger partial charge in [-0.3, -0.25) is 18.6 Å². The summed E-state index contributed by atoms with van der Waals surface area (Å²) in [6, 6.07) is 0. The zero-order valence-corrected chi connectivity index (χ0v) is 35.7. The van der Waals surface area contributed by atoms with Crippen LogP contribution in [0.2, 0.25) is 0 Å². The van der Waals surface area contributed by atoms with Gasteiger partial charge in [-0.15, -0.1) is 0 Å². The summed E-state index contributed by atoms with van der Waals surface area (Å²) >= 11 is 0. The first kappa shape index (κ1) is 52.0. The van der Waals surface area contributed by atoms with Gasteiger partial charge in [-0.05, 0) is 12.8 Å². The predicted octanol–water partition coefficient (Wildman–Crippen LogP) is 12.8. The standard InChI is InChI=1S/C43H86NO8P/c1-3-5-7-9-11-13-15-17-18-19-20-21-22-24-26-28-30-32-34-36-43(46)52-41(40-51-53(47,48)50-38-37-44)39-49-42(45)35-33-31-29-27-25-23-16-14-12-10-8-6-4-2/h41H,3-40,44H2,1-2H3,(H,47,48). The fourth-order valence-corrected chi connectivity index (χ4v) is 7.40. The molecule has 0 rings (SSSR count). The second-order valence-electron chi connectivity index (χ2n) is 15.3. The maximum absolute atomic E-state index is 12.6. The molecule has 0 saturated heterocycles. The van der Waals surface area contributed by atoms with E-state index in [1.165, 1.54) is 167 Å². The van der Waals surface area contributed by atoms with Crippen molar-refractivity contribution in [3.05, 3.63) is 0 Å². The first-order valence-electron chi connectivity index (χ1n) is 22.5. The van der Waals surface area contributed by atoms with Gasteiger partial charge in [-0.2, -0.15) is 0 Å². The minimum absolute atomic E-state index is 0.0581. The van der Waals surface area contributed by atoms with Crippen LogP contribution in [0.5, 0.6) is 0 Å². The number of hydrogen-bond acceptors (Lipinski definition) is 8. The molecule has 0 aromatic rings. The number of hydrogen-bond donors (Lipinski definition) is 2. The molecule has 0 bridgehead atoms. The average Bonchev–Trinajstić information content (AvgIpc) is 3.14. The minimum atomic E-state index is -4.37. The lowest BCUT2D eigenvalue weighted by atomic mass is 10.0. The van der Waals surface area contributed by atoms with Crippen LogP contribution >= 0.6 is 7.82 Å². The Hall–Kier alpha value is -0.990. The quantitative estimate of drug-likeness (QED) is 0.0352. The van der Waals surface area contributed by atoms with E-state index in [9.17, 15) is 19.0 Å². The van der Waals surface area contributed by atoms with Crippen molar-refractivity contribution in [1.29, 1.82) is 0 Å². The second-order valence-corrected chi connectivity index (χ2v) is 16.7. The van der Waals surface area contributed by atoms with E-state index in [1.54, 1.807) is 0 Å². The van der Waals surface area contributed by atoms with E-state index in [2.05, 4.69) is 13.8 Å². The maximum Gasteiger partial charge on any atom is 0.472 e. The minimum Gasteiger partial charge on any atom is -0.462 e. The van der Waals surface area contributed by atoms with Crippen LogP contribution in [-0.4, -0.2) is 49.3 Å². The van der Waals surface area contributed by atoms with Gasteiger partial charge in [-0.1, -0.05) is 206 Å². The van der Waals surface area contributed by atoms with Crippen molar-refractivity contribution in [1.82, 2.24) is 0 Å². The lowest BCUT2D eigenvalue weighted by molar-refractivity contribution is -0.161. The van der Waals surface area contributed by atoms with E-state index < -0.39 is 26.5 Å². The number of phosphoric acid groups is 1. The van der Waals surface area contributed by atoms with Crippen LogP contribution in [0.15, 0.2) is 0 Å². The first-order chi connectivity index (χ1) is 25.8. The van der Waals surface area contributed by atoms with Gasteiger partial charge in [0, 0.05) is 19.4 Å². The topological polar surface area (TPSA) is 134 Å². The second kappa shape index (κ2) is 40.7. The maximum atomic E-state index is 12.6. The molecule has 0 fully saturated rings. The molecular formula is C43H86NO8P. The number of carbonyl (C=O) groups excluding carboxylic acids is 2. The summed E-state index contributed by atoms with van der Waals surface area (Å²) in [5, 5.41) is 0. The molecule has 0 aromatic heterocycles. The number of rotatable bonds is 43. The molecule has 10 heteroatoms. The largest absolute Gasteiger partial charge is 0.472 e. The average molecular weight is 776 g/mol. The summed E-state index contributed by atoms with van der Waals surface area (Å²) in [7, 11) is -4.37.